The normalized spacial score (nSPS) is 18.0. The second kappa shape index (κ2) is 4.49. The van der Waals surface area contributed by atoms with E-state index in [2.05, 4.69) is 0 Å². The highest BCUT2D eigenvalue weighted by Gasteiger charge is 2.24. The van der Waals surface area contributed by atoms with Crippen molar-refractivity contribution in [1.82, 2.24) is 0 Å². The lowest BCUT2D eigenvalue weighted by molar-refractivity contribution is -0.132. The van der Waals surface area contributed by atoms with E-state index < -0.39 is 11.8 Å². The molecule has 1 atom stereocenters. The number of halogens is 1. The number of benzene rings is 1. The Bertz CT molecular complexity index is 401. The molecule has 4 nitrogen and oxygen atoms in total. The molecule has 0 spiro atoms. The highest BCUT2D eigenvalue weighted by Crippen LogP contribution is 2.28. The number of carbonyl (C=O) groups is 1. The van der Waals surface area contributed by atoms with Crippen LogP contribution in [-0.2, 0) is 9.53 Å². The van der Waals surface area contributed by atoms with Crippen molar-refractivity contribution >= 4 is 5.97 Å². The fourth-order valence-corrected chi connectivity index (χ4v) is 1.18. The van der Waals surface area contributed by atoms with Crippen molar-refractivity contribution in [3.8, 4) is 11.5 Å². The first-order chi connectivity index (χ1) is 7.65. The molecular weight excluding hydrogens is 215 g/mol. The van der Waals surface area contributed by atoms with Crippen LogP contribution in [0.15, 0.2) is 18.2 Å². The van der Waals surface area contributed by atoms with E-state index in [-0.39, 0.29) is 17.6 Å². The number of epoxide rings is 1. The molecule has 16 heavy (non-hydrogen) atoms. The average molecular weight is 226 g/mol. The zero-order valence-electron chi connectivity index (χ0n) is 8.73. The van der Waals surface area contributed by atoms with Crippen LogP contribution in [0.25, 0.3) is 0 Å². The Morgan fingerprint density at radius 2 is 2.31 bits per heavy atom. The van der Waals surface area contributed by atoms with Crippen LogP contribution >= 0.6 is 0 Å². The standard InChI is InChI=1S/C11H11FO4/c1-7(13)16-10-3-2-8(12)4-11(10)15-6-9-5-14-9/h2-4,9H,5-6H2,1H3/t9-/m0/s1. The molecule has 1 aromatic rings. The van der Waals surface area contributed by atoms with Gasteiger partial charge in [0, 0.05) is 13.0 Å². The van der Waals surface area contributed by atoms with Crippen LogP contribution in [0.1, 0.15) is 6.92 Å². The molecule has 0 radical (unpaired) electrons. The minimum atomic E-state index is -0.473. The molecule has 1 aromatic carbocycles. The van der Waals surface area contributed by atoms with Gasteiger partial charge in [0.2, 0.25) is 0 Å². The van der Waals surface area contributed by atoms with Crippen LogP contribution in [0.3, 0.4) is 0 Å². The molecule has 5 heteroatoms. The summed E-state index contributed by atoms with van der Waals surface area (Å²) in [6, 6.07) is 3.75. The maximum atomic E-state index is 13.0. The topological polar surface area (TPSA) is 48.1 Å². The Labute approximate surface area is 91.9 Å². The molecule has 0 aromatic heterocycles. The van der Waals surface area contributed by atoms with Crippen molar-refractivity contribution in [2.24, 2.45) is 0 Å². The van der Waals surface area contributed by atoms with Gasteiger partial charge in [-0.3, -0.25) is 4.79 Å². The zero-order chi connectivity index (χ0) is 11.5. The molecule has 1 aliphatic heterocycles. The number of rotatable bonds is 4. The van der Waals surface area contributed by atoms with Gasteiger partial charge in [0.05, 0.1) is 6.61 Å². The van der Waals surface area contributed by atoms with Crippen LogP contribution in [-0.4, -0.2) is 25.3 Å². The van der Waals surface area contributed by atoms with Crippen LogP contribution in [0.2, 0.25) is 0 Å². The number of ether oxygens (including phenoxy) is 3. The lowest BCUT2D eigenvalue weighted by Gasteiger charge is -2.09. The Morgan fingerprint density at radius 3 is 2.94 bits per heavy atom. The van der Waals surface area contributed by atoms with Gasteiger partial charge in [0.15, 0.2) is 11.5 Å². The lowest BCUT2D eigenvalue weighted by Crippen LogP contribution is -2.08. The van der Waals surface area contributed by atoms with Crippen molar-refractivity contribution in [3.05, 3.63) is 24.0 Å². The second-order valence-electron chi connectivity index (χ2n) is 3.45. The fraction of sp³-hybridized carbons (Fsp3) is 0.364. The van der Waals surface area contributed by atoms with Crippen molar-refractivity contribution in [1.29, 1.82) is 0 Å². The van der Waals surface area contributed by atoms with Gasteiger partial charge in [-0.05, 0) is 12.1 Å². The van der Waals surface area contributed by atoms with Gasteiger partial charge in [0.25, 0.3) is 0 Å². The number of hydrogen-bond acceptors (Lipinski definition) is 4. The first kappa shape index (κ1) is 10.9. The predicted octanol–water partition coefficient (Wildman–Crippen LogP) is 1.53. The van der Waals surface area contributed by atoms with E-state index >= 15 is 0 Å². The first-order valence-electron chi connectivity index (χ1n) is 4.87. The molecule has 0 saturated carbocycles. The van der Waals surface area contributed by atoms with Crippen molar-refractivity contribution < 1.29 is 23.4 Å². The first-order valence-corrected chi connectivity index (χ1v) is 4.87. The molecule has 1 fully saturated rings. The van der Waals surface area contributed by atoms with Crippen molar-refractivity contribution in [2.75, 3.05) is 13.2 Å². The van der Waals surface area contributed by atoms with Crippen LogP contribution < -0.4 is 9.47 Å². The summed E-state index contributed by atoms with van der Waals surface area (Å²) in [5.41, 5.74) is 0. The minimum absolute atomic E-state index is 0.0634. The Balaban J connectivity index is 2.10. The van der Waals surface area contributed by atoms with Gasteiger partial charge in [-0.2, -0.15) is 0 Å². The number of esters is 1. The van der Waals surface area contributed by atoms with Crippen molar-refractivity contribution in [3.63, 3.8) is 0 Å². The van der Waals surface area contributed by atoms with Gasteiger partial charge < -0.3 is 14.2 Å². The monoisotopic (exact) mass is 226 g/mol. The van der Waals surface area contributed by atoms with Crippen LogP contribution in [0, 0.1) is 5.82 Å². The largest absolute Gasteiger partial charge is 0.487 e. The molecule has 0 unspecified atom stereocenters. The van der Waals surface area contributed by atoms with E-state index in [1.165, 1.54) is 25.1 Å². The van der Waals surface area contributed by atoms with Crippen LogP contribution in [0.4, 0.5) is 4.39 Å². The maximum absolute atomic E-state index is 13.0. The minimum Gasteiger partial charge on any atom is -0.487 e. The maximum Gasteiger partial charge on any atom is 0.308 e. The Morgan fingerprint density at radius 1 is 1.56 bits per heavy atom. The summed E-state index contributed by atoms with van der Waals surface area (Å²) in [5.74, 6) is -0.484. The van der Waals surface area contributed by atoms with E-state index in [0.717, 1.165) is 0 Å². The summed E-state index contributed by atoms with van der Waals surface area (Å²) in [5, 5.41) is 0. The molecular formula is C11H11FO4. The summed E-state index contributed by atoms with van der Waals surface area (Å²) in [6.07, 6.45) is 0.0634. The highest BCUT2D eigenvalue weighted by atomic mass is 19.1. The average Bonchev–Trinajstić information content (AvgIpc) is 3.01. The molecule has 0 bridgehead atoms. The third-order valence-corrected chi connectivity index (χ3v) is 1.99. The molecule has 0 N–H and O–H groups in total. The molecule has 1 heterocycles. The summed E-state index contributed by atoms with van der Waals surface area (Å²) in [4.78, 5) is 10.8. The van der Waals surface area contributed by atoms with Gasteiger partial charge in [0.1, 0.15) is 18.5 Å². The van der Waals surface area contributed by atoms with E-state index in [0.29, 0.717) is 13.2 Å². The van der Waals surface area contributed by atoms with Gasteiger partial charge in [-0.15, -0.1) is 0 Å². The summed E-state index contributed by atoms with van der Waals surface area (Å²) < 4.78 is 28.1. The SMILES string of the molecule is CC(=O)Oc1ccc(F)cc1OC[C@@H]1CO1. The summed E-state index contributed by atoms with van der Waals surface area (Å²) in [7, 11) is 0. The molecule has 2 rings (SSSR count). The van der Waals surface area contributed by atoms with Crippen molar-refractivity contribution in [2.45, 2.75) is 13.0 Å². The fourth-order valence-electron chi connectivity index (χ4n) is 1.18. The Kier molecular flexibility index (Phi) is 3.05. The number of hydrogen-bond donors (Lipinski definition) is 0. The second-order valence-corrected chi connectivity index (χ2v) is 3.45. The zero-order valence-corrected chi connectivity index (χ0v) is 8.73. The predicted molar refractivity (Wildman–Crippen MR) is 52.9 cm³/mol. The summed E-state index contributed by atoms with van der Waals surface area (Å²) in [6.45, 7) is 2.26. The van der Waals surface area contributed by atoms with Gasteiger partial charge in [-0.25, -0.2) is 4.39 Å². The van der Waals surface area contributed by atoms with E-state index in [1.54, 1.807) is 0 Å². The lowest BCUT2D eigenvalue weighted by atomic mass is 10.3. The molecule has 86 valence electrons. The molecule has 0 aliphatic carbocycles. The summed E-state index contributed by atoms with van der Waals surface area (Å²) >= 11 is 0. The van der Waals surface area contributed by atoms with E-state index in [1.807, 2.05) is 0 Å². The smallest absolute Gasteiger partial charge is 0.308 e. The van der Waals surface area contributed by atoms with E-state index in [4.69, 9.17) is 14.2 Å². The van der Waals surface area contributed by atoms with Gasteiger partial charge >= 0.3 is 5.97 Å². The Hall–Kier alpha value is -1.62. The van der Waals surface area contributed by atoms with Gasteiger partial charge in [-0.1, -0.05) is 0 Å². The molecule has 1 saturated heterocycles. The molecule has 0 amide bonds. The quantitative estimate of drug-likeness (QED) is 0.443. The third-order valence-electron chi connectivity index (χ3n) is 1.99. The van der Waals surface area contributed by atoms with E-state index in [9.17, 15) is 9.18 Å². The highest BCUT2D eigenvalue weighted by molar-refractivity contribution is 5.70. The number of carbonyl (C=O) groups excluding carboxylic acids is 1. The van der Waals surface area contributed by atoms with Crippen LogP contribution in [0.5, 0.6) is 11.5 Å². The molecule has 1 aliphatic rings. The third kappa shape index (κ3) is 2.93.